The monoisotopic (exact) mass is 170 g/mol. The third kappa shape index (κ3) is 2.72. The molecule has 0 aromatic heterocycles. The summed E-state index contributed by atoms with van der Waals surface area (Å²) in [4.78, 5) is 0. The van der Waals surface area contributed by atoms with Crippen LogP contribution in [0.15, 0.2) is 0 Å². The van der Waals surface area contributed by atoms with E-state index in [9.17, 15) is 0 Å². The van der Waals surface area contributed by atoms with Crippen LogP contribution in [-0.2, 0) is 0 Å². The van der Waals surface area contributed by atoms with Crippen molar-refractivity contribution in [2.45, 2.75) is 18.1 Å². The molecule has 0 aromatic carbocycles. The van der Waals surface area contributed by atoms with Gasteiger partial charge in [-0.05, 0) is 31.6 Å². The van der Waals surface area contributed by atoms with Crippen molar-refractivity contribution in [3.8, 4) is 6.07 Å². The lowest BCUT2D eigenvalue weighted by molar-refractivity contribution is 0.318. The fourth-order valence-corrected chi connectivity index (χ4v) is 2.30. The van der Waals surface area contributed by atoms with Crippen LogP contribution in [0, 0.1) is 17.2 Å². The first-order valence-corrected chi connectivity index (χ1v) is 5.26. The van der Waals surface area contributed by atoms with Crippen LogP contribution in [0.2, 0.25) is 0 Å². The van der Waals surface area contributed by atoms with Gasteiger partial charge >= 0.3 is 0 Å². The summed E-state index contributed by atoms with van der Waals surface area (Å²) in [6, 6.07) is 2.08. The Hall–Kier alpha value is -0.200. The van der Waals surface area contributed by atoms with Crippen LogP contribution in [0.1, 0.15) is 12.8 Å². The van der Waals surface area contributed by atoms with E-state index >= 15 is 0 Å². The average molecular weight is 170 g/mol. The molecule has 1 aliphatic rings. The molecule has 1 rings (SSSR count). The van der Waals surface area contributed by atoms with E-state index in [1.54, 1.807) is 0 Å². The highest BCUT2D eigenvalue weighted by atomic mass is 32.2. The van der Waals surface area contributed by atoms with Gasteiger partial charge in [0.15, 0.2) is 0 Å². The van der Waals surface area contributed by atoms with E-state index in [0.29, 0.717) is 6.54 Å². The molecule has 0 aromatic rings. The van der Waals surface area contributed by atoms with Crippen LogP contribution >= 0.6 is 11.8 Å². The van der Waals surface area contributed by atoms with Crippen LogP contribution in [-0.4, -0.2) is 24.6 Å². The molecule has 0 spiro atoms. The zero-order valence-corrected chi connectivity index (χ0v) is 7.66. The molecule has 0 saturated heterocycles. The van der Waals surface area contributed by atoms with Crippen molar-refractivity contribution in [3.05, 3.63) is 0 Å². The Bertz CT molecular complexity index is 147. The van der Waals surface area contributed by atoms with E-state index in [0.717, 1.165) is 17.7 Å². The van der Waals surface area contributed by atoms with Crippen molar-refractivity contribution in [1.29, 1.82) is 5.26 Å². The number of rotatable bonds is 4. The Labute approximate surface area is 72.4 Å². The van der Waals surface area contributed by atoms with Crippen LogP contribution in [0.4, 0.5) is 0 Å². The lowest BCUT2D eigenvalue weighted by Crippen LogP contribution is -2.34. The van der Waals surface area contributed by atoms with Gasteiger partial charge in [0.1, 0.15) is 0 Å². The first kappa shape index (κ1) is 8.89. The summed E-state index contributed by atoms with van der Waals surface area (Å²) in [5.41, 5.74) is 0. The SMILES string of the molecule is CSC1CC(CNCC#N)C1. The molecule has 1 fully saturated rings. The van der Waals surface area contributed by atoms with E-state index in [1.165, 1.54) is 12.8 Å². The van der Waals surface area contributed by atoms with Gasteiger partial charge in [0.25, 0.3) is 0 Å². The van der Waals surface area contributed by atoms with Gasteiger partial charge in [-0.1, -0.05) is 0 Å². The molecule has 1 saturated carbocycles. The lowest BCUT2D eigenvalue weighted by atomic mass is 9.85. The molecule has 1 N–H and O–H groups in total. The highest BCUT2D eigenvalue weighted by molar-refractivity contribution is 7.99. The van der Waals surface area contributed by atoms with Crippen molar-refractivity contribution < 1.29 is 0 Å². The van der Waals surface area contributed by atoms with Crippen LogP contribution in [0.3, 0.4) is 0 Å². The Balaban J connectivity index is 1.93. The highest BCUT2D eigenvalue weighted by Crippen LogP contribution is 2.34. The lowest BCUT2D eigenvalue weighted by Gasteiger charge is -2.33. The largest absolute Gasteiger partial charge is 0.304 e. The number of thioether (sulfide) groups is 1. The van der Waals surface area contributed by atoms with E-state index in [2.05, 4.69) is 17.6 Å². The van der Waals surface area contributed by atoms with Gasteiger partial charge in [-0.3, -0.25) is 0 Å². The molecule has 1 aliphatic carbocycles. The first-order valence-electron chi connectivity index (χ1n) is 3.97. The van der Waals surface area contributed by atoms with E-state index in [4.69, 9.17) is 5.26 Å². The topological polar surface area (TPSA) is 35.8 Å². The van der Waals surface area contributed by atoms with Gasteiger partial charge in [0.05, 0.1) is 12.6 Å². The molecule has 2 nitrogen and oxygen atoms in total. The number of nitrogens with zero attached hydrogens (tertiary/aromatic N) is 1. The van der Waals surface area contributed by atoms with Gasteiger partial charge in [0.2, 0.25) is 0 Å². The summed E-state index contributed by atoms with van der Waals surface area (Å²) < 4.78 is 0. The molecule has 0 heterocycles. The zero-order valence-electron chi connectivity index (χ0n) is 6.84. The molecule has 0 bridgehead atoms. The quantitative estimate of drug-likeness (QED) is 0.509. The molecule has 0 amide bonds. The number of nitriles is 1. The fourth-order valence-electron chi connectivity index (χ4n) is 1.37. The predicted octanol–water partition coefficient (Wildman–Crippen LogP) is 1.24. The summed E-state index contributed by atoms with van der Waals surface area (Å²) in [5.74, 6) is 0.834. The van der Waals surface area contributed by atoms with E-state index in [1.807, 2.05) is 11.8 Å². The van der Waals surface area contributed by atoms with E-state index in [-0.39, 0.29) is 0 Å². The summed E-state index contributed by atoms with van der Waals surface area (Å²) in [7, 11) is 0. The van der Waals surface area contributed by atoms with Crippen molar-refractivity contribution in [1.82, 2.24) is 5.32 Å². The number of hydrogen-bond acceptors (Lipinski definition) is 3. The number of hydrogen-bond donors (Lipinski definition) is 1. The predicted molar refractivity (Wildman–Crippen MR) is 48.5 cm³/mol. The van der Waals surface area contributed by atoms with Gasteiger partial charge in [-0.25, -0.2) is 0 Å². The molecule has 0 aliphatic heterocycles. The maximum Gasteiger partial charge on any atom is 0.0841 e. The second kappa shape index (κ2) is 4.63. The molecule has 0 unspecified atom stereocenters. The summed E-state index contributed by atoms with van der Waals surface area (Å²) in [5, 5.41) is 12.3. The van der Waals surface area contributed by atoms with Crippen molar-refractivity contribution in [2.24, 2.45) is 5.92 Å². The Kier molecular flexibility index (Phi) is 3.74. The maximum atomic E-state index is 8.25. The van der Waals surface area contributed by atoms with Crippen molar-refractivity contribution in [2.75, 3.05) is 19.3 Å². The fraction of sp³-hybridized carbons (Fsp3) is 0.875. The maximum absolute atomic E-state index is 8.25. The average Bonchev–Trinajstić information content (AvgIpc) is 1.94. The zero-order chi connectivity index (χ0) is 8.10. The molecule has 3 heteroatoms. The number of nitrogens with one attached hydrogen (secondary N) is 1. The summed E-state index contributed by atoms with van der Waals surface area (Å²) >= 11 is 1.96. The van der Waals surface area contributed by atoms with Gasteiger partial charge in [-0.2, -0.15) is 17.0 Å². The Morgan fingerprint density at radius 2 is 2.36 bits per heavy atom. The summed E-state index contributed by atoms with van der Waals surface area (Å²) in [6.07, 6.45) is 4.84. The summed E-state index contributed by atoms with van der Waals surface area (Å²) in [6.45, 7) is 1.53. The van der Waals surface area contributed by atoms with Gasteiger partial charge < -0.3 is 5.32 Å². The minimum absolute atomic E-state index is 0.500. The van der Waals surface area contributed by atoms with Crippen LogP contribution in [0.5, 0.6) is 0 Å². The molecule has 0 radical (unpaired) electrons. The van der Waals surface area contributed by atoms with Crippen LogP contribution in [0.25, 0.3) is 0 Å². The Morgan fingerprint density at radius 3 is 2.91 bits per heavy atom. The van der Waals surface area contributed by atoms with E-state index < -0.39 is 0 Å². The molecule has 62 valence electrons. The Morgan fingerprint density at radius 1 is 1.64 bits per heavy atom. The van der Waals surface area contributed by atoms with Crippen molar-refractivity contribution in [3.63, 3.8) is 0 Å². The third-order valence-corrected chi connectivity index (χ3v) is 3.21. The molecular weight excluding hydrogens is 156 g/mol. The smallest absolute Gasteiger partial charge is 0.0841 e. The third-order valence-electron chi connectivity index (χ3n) is 2.16. The van der Waals surface area contributed by atoms with Gasteiger partial charge in [-0.15, -0.1) is 0 Å². The molecule has 11 heavy (non-hydrogen) atoms. The minimum Gasteiger partial charge on any atom is -0.304 e. The van der Waals surface area contributed by atoms with Crippen LogP contribution < -0.4 is 5.32 Å². The molecule has 0 atom stereocenters. The van der Waals surface area contributed by atoms with Gasteiger partial charge in [0, 0.05) is 5.25 Å². The second-order valence-electron chi connectivity index (χ2n) is 2.98. The highest BCUT2D eigenvalue weighted by Gasteiger charge is 2.27. The normalized spacial score (nSPS) is 29.1. The second-order valence-corrected chi connectivity index (χ2v) is 4.12. The van der Waals surface area contributed by atoms with Crippen molar-refractivity contribution >= 4 is 11.8 Å². The standard InChI is InChI=1S/C8H14N2S/c1-11-8-4-7(5-8)6-10-3-2-9/h7-8,10H,3-6H2,1H3. The first-order chi connectivity index (χ1) is 5.36. The molecular formula is C8H14N2S. The minimum atomic E-state index is 0.500.